The van der Waals surface area contributed by atoms with Gasteiger partial charge in [0.1, 0.15) is 24.1 Å². The van der Waals surface area contributed by atoms with Crippen LogP contribution in [0.4, 0.5) is 5.69 Å². The third-order valence-electron chi connectivity index (χ3n) is 3.99. The molecule has 0 aliphatic carbocycles. The van der Waals surface area contributed by atoms with Crippen molar-refractivity contribution in [2.24, 2.45) is 0 Å². The van der Waals surface area contributed by atoms with Crippen LogP contribution in [0.2, 0.25) is 0 Å². The van der Waals surface area contributed by atoms with Crippen LogP contribution in [-0.4, -0.2) is 76.2 Å². The summed E-state index contributed by atoms with van der Waals surface area (Å²) < 4.78 is 31.0. The third-order valence-corrected chi connectivity index (χ3v) is 4.91. The Morgan fingerprint density at radius 2 is 1.72 bits per heavy atom. The first-order valence-corrected chi connectivity index (χ1v) is 11.5. The van der Waals surface area contributed by atoms with Gasteiger partial charge in [0.25, 0.3) is 0 Å². The molecule has 2 rings (SSSR count). The topological polar surface area (TPSA) is 184 Å². The maximum Gasteiger partial charge on any atom is 0.472 e. The zero-order valence-electron chi connectivity index (χ0n) is 19.0. The molecule has 0 aromatic heterocycles. The van der Waals surface area contributed by atoms with Crippen molar-refractivity contribution >= 4 is 19.5 Å². The second-order valence-electron chi connectivity index (χ2n) is 5.86. The number of carbonyl (C=O) groups is 1. The molecule has 1 aliphatic heterocycles. The maximum absolute atomic E-state index is 11.4. The van der Waals surface area contributed by atoms with E-state index in [0.717, 1.165) is 7.11 Å². The number of aliphatic carboxylic acids is 1. The van der Waals surface area contributed by atoms with Crippen molar-refractivity contribution in [3.8, 4) is 5.75 Å². The van der Waals surface area contributed by atoms with E-state index in [1.165, 1.54) is 18.2 Å². The van der Waals surface area contributed by atoms with Crippen LogP contribution in [-0.2, 0) is 29.8 Å². The van der Waals surface area contributed by atoms with Crippen LogP contribution in [0.25, 0.3) is 0 Å². The molecule has 1 fully saturated rings. The summed E-state index contributed by atoms with van der Waals surface area (Å²) in [6.07, 6.45) is -8.69. The lowest BCUT2D eigenvalue weighted by atomic mass is 9.99. The summed E-state index contributed by atoms with van der Waals surface area (Å²) in [6.45, 7) is 7.76. The number of phosphoric ester groups is 1. The second-order valence-corrected chi connectivity index (χ2v) is 7.42. The number of carboxylic acid groups (broad SMARTS) is 1. The number of phosphoric acid groups is 1. The number of anilines is 1. The molecule has 186 valence electrons. The first-order chi connectivity index (χ1) is 15.1. The summed E-state index contributed by atoms with van der Waals surface area (Å²) in [7, 11) is -1.57. The van der Waals surface area contributed by atoms with Crippen molar-refractivity contribution in [1.82, 2.24) is 0 Å². The summed E-state index contributed by atoms with van der Waals surface area (Å²) >= 11 is 0. The van der Waals surface area contributed by atoms with Gasteiger partial charge in [-0.3, -0.25) is 9.05 Å². The van der Waals surface area contributed by atoms with Crippen LogP contribution in [0.15, 0.2) is 18.2 Å². The largest absolute Gasteiger partial charge is 0.479 e. The van der Waals surface area contributed by atoms with E-state index in [2.05, 4.69) is 9.84 Å². The summed E-state index contributed by atoms with van der Waals surface area (Å²) in [5.41, 5.74) is 0.835. The summed E-state index contributed by atoms with van der Waals surface area (Å²) in [6, 6.07) is 4.42. The van der Waals surface area contributed by atoms with Crippen molar-refractivity contribution in [2.75, 3.05) is 19.5 Å². The molecule has 13 heteroatoms. The van der Waals surface area contributed by atoms with Gasteiger partial charge in [-0.25, -0.2) is 9.36 Å². The molecule has 32 heavy (non-hydrogen) atoms. The molecule has 1 heterocycles. The summed E-state index contributed by atoms with van der Waals surface area (Å²) in [4.78, 5) is 20.4. The fourth-order valence-electron chi connectivity index (χ4n) is 2.45. The van der Waals surface area contributed by atoms with Crippen molar-refractivity contribution in [2.45, 2.75) is 65.0 Å². The Balaban J connectivity index is 0.00000227. The van der Waals surface area contributed by atoms with Gasteiger partial charge in [-0.05, 0) is 17.7 Å². The third kappa shape index (κ3) is 8.30. The molecular formula is C19H34NO11P. The first-order valence-electron chi connectivity index (χ1n) is 10.0. The standard InChI is InChI=1S/C15H22NO11P.2C2H6/c1-16-8-5-7(6-25-28(22,23)24-2)3-4-9(8)26-15-12(19)10(17)11(18)13(27-15)14(20)21;2*1-2/h3-5,10-13,15-19H,6H2,1-2H3,(H,20,21)(H,22,23);2*1-2H3. The lowest BCUT2D eigenvalue weighted by molar-refractivity contribution is -0.271. The van der Waals surface area contributed by atoms with Crippen molar-refractivity contribution < 1.29 is 53.2 Å². The van der Waals surface area contributed by atoms with Gasteiger partial charge in [-0.2, -0.15) is 0 Å². The molecule has 6 unspecified atom stereocenters. The highest BCUT2D eigenvalue weighted by molar-refractivity contribution is 7.47. The first kappa shape index (κ1) is 30.2. The minimum Gasteiger partial charge on any atom is -0.479 e. The lowest BCUT2D eigenvalue weighted by Crippen LogP contribution is -2.61. The number of nitrogens with one attached hydrogen (secondary N) is 1. The SMILES string of the molecule is CC.CC.CNc1cc(COP(=O)(O)OC)ccc1OC1OC(C(=O)O)C(O)C(O)C1O. The predicted octanol–water partition coefficient (Wildman–Crippen LogP) is 1.32. The van der Waals surface area contributed by atoms with Crippen LogP contribution in [0.3, 0.4) is 0 Å². The number of ether oxygens (including phenoxy) is 2. The zero-order chi connectivity index (χ0) is 25.1. The molecule has 6 N–H and O–H groups in total. The molecule has 0 spiro atoms. The highest BCUT2D eigenvalue weighted by atomic mass is 31.2. The van der Waals surface area contributed by atoms with Crippen LogP contribution in [0, 0.1) is 0 Å². The lowest BCUT2D eigenvalue weighted by Gasteiger charge is -2.38. The molecule has 0 radical (unpaired) electrons. The Labute approximate surface area is 187 Å². The summed E-state index contributed by atoms with van der Waals surface area (Å²) in [5, 5.41) is 41.4. The molecule has 0 saturated carbocycles. The molecule has 0 amide bonds. The predicted molar refractivity (Wildman–Crippen MR) is 115 cm³/mol. The average molecular weight is 483 g/mol. The second kappa shape index (κ2) is 14.4. The monoisotopic (exact) mass is 483 g/mol. The van der Waals surface area contributed by atoms with Crippen molar-refractivity contribution in [3.63, 3.8) is 0 Å². The minimum absolute atomic E-state index is 0.127. The number of aliphatic hydroxyl groups is 3. The Morgan fingerprint density at radius 3 is 2.22 bits per heavy atom. The van der Waals surface area contributed by atoms with Crippen LogP contribution < -0.4 is 10.1 Å². The van der Waals surface area contributed by atoms with Crippen LogP contribution in [0.5, 0.6) is 5.75 Å². The molecule has 1 aromatic carbocycles. The Morgan fingerprint density at radius 1 is 1.12 bits per heavy atom. The van der Waals surface area contributed by atoms with Crippen molar-refractivity contribution in [3.05, 3.63) is 23.8 Å². The zero-order valence-corrected chi connectivity index (χ0v) is 19.9. The average Bonchev–Trinajstić information content (AvgIpc) is 2.81. The van der Waals surface area contributed by atoms with Gasteiger partial charge >= 0.3 is 13.8 Å². The van der Waals surface area contributed by atoms with Gasteiger partial charge in [-0.1, -0.05) is 33.8 Å². The normalized spacial score (nSPS) is 26.4. The molecule has 12 nitrogen and oxygen atoms in total. The Kier molecular flexibility index (Phi) is 13.6. The van der Waals surface area contributed by atoms with Gasteiger partial charge in [-0.15, -0.1) is 0 Å². The molecule has 1 saturated heterocycles. The Bertz CT molecular complexity index is 748. The van der Waals surface area contributed by atoms with Gasteiger partial charge in [0.15, 0.2) is 6.10 Å². The Hall–Kier alpha value is -1.76. The minimum atomic E-state index is -4.15. The quantitative estimate of drug-likeness (QED) is 0.292. The van der Waals surface area contributed by atoms with Gasteiger partial charge < -0.3 is 40.1 Å². The number of rotatable bonds is 8. The van der Waals surface area contributed by atoms with Crippen molar-refractivity contribution in [1.29, 1.82) is 0 Å². The smallest absolute Gasteiger partial charge is 0.472 e. The fraction of sp³-hybridized carbons (Fsp3) is 0.632. The fourth-order valence-corrected chi connectivity index (χ4v) is 2.87. The van der Waals surface area contributed by atoms with Gasteiger partial charge in [0.2, 0.25) is 6.29 Å². The van der Waals surface area contributed by atoms with Crippen LogP contribution in [0.1, 0.15) is 33.3 Å². The van der Waals surface area contributed by atoms with E-state index < -0.39 is 44.5 Å². The summed E-state index contributed by atoms with van der Waals surface area (Å²) in [5.74, 6) is -1.40. The van der Waals surface area contributed by atoms with Gasteiger partial charge in [0, 0.05) is 14.2 Å². The van der Waals surface area contributed by atoms with E-state index in [9.17, 15) is 29.6 Å². The highest BCUT2D eigenvalue weighted by Gasteiger charge is 2.48. The number of hydrogen-bond donors (Lipinski definition) is 6. The molecule has 0 bridgehead atoms. The number of carboxylic acids is 1. The van der Waals surface area contributed by atoms with E-state index in [1.54, 1.807) is 7.05 Å². The van der Waals surface area contributed by atoms with E-state index in [1.807, 2.05) is 27.7 Å². The number of aliphatic hydroxyl groups excluding tert-OH is 3. The molecular weight excluding hydrogens is 449 g/mol. The van der Waals surface area contributed by atoms with E-state index in [4.69, 9.17) is 19.1 Å². The van der Waals surface area contributed by atoms with Crippen LogP contribution >= 0.6 is 7.82 Å². The number of hydrogen-bond acceptors (Lipinski definition) is 10. The van der Waals surface area contributed by atoms with E-state index in [0.29, 0.717) is 11.3 Å². The number of benzene rings is 1. The maximum atomic E-state index is 11.4. The molecule has 1 aromatic rings. The molecule has 1 aliphatic rings. The van der Waals surface area contributed by atoms with E-state index >= 15 is 0 Å². The van der Waals surface area contributed by atoms with Gasteiger partial charge in [0.05, 0.1) is 12.3 Å². The van der Waals surface area contributed by atoms with E-state index in [-0.39, 0.29) is 12.4 Å². The molecule has 6 atom stereocenters. The highest BCUT2D eigenvalue weighted by Crippen LogP contribution is 2.43.